The normalized spacial score (nSPS) is 26.7. The van der Waals surface area contributed by atoms with E-state index in [9.17, 15) is 9.50 Å². The van der Waals surface area contributed by atoms with Crippen LogP contribution < -0.4 is 0 Å². The van der Waals surface area contributed by atoms with Crippen LogP contribution in [0.2, 0.25) is 0 Å². The molecule has 1 aromatic rings. The van der Waals surface area contributed by atoms with Crippen molar-refractivity contribution in [3.05, 3.63) is 30.1 Å². The van der Waals surface area contributed by atoms with Gasteiger partial charge >= 0.3 is 0 Å². The molecule has 3 heteroatoms. The highest BCUT2D eigenvalue weighted by atomic mass is 32.2. The number of thioether (sulfide) groups is 1. The number of halogens is 1. The van der Waals surface area contributed by atoms with E-state index in [-0.39, 0.29) is 17.2 Å². The quantitative estimate of drug-likeness (QED) is 0.813. The molecule has 76 valence electrons. The Morgan fingerprint density at radius 3 is 2.86 bits per heavy atom. The Labute approximate surface area is 87.3 Å². The van der Waals surface area contributed by atoms with Gasteiger partial charge in [0.1, 0.15) is 5.82 Å². The maximum Gasteiger partial charge on any atom is 0.124 e. The second-order valence-corrected chi connectivity index (χ2v) is 4.92. The molecule has 0 unspecified atom stereocenters. The molecule has 0 amide bonds. The maximum atomic E-state index is 12.9. The zero-order valence-corrected chi connectivity index (χ0v) is 8.64. The van der Waals surface area contributed by atoms with Crippen LogP contribution in [0.4, 0.5) is 4.39 Å². The van der Waals surface area contributed by atoms with Gasteiger partial charge in [-0.2, -0.15) is 0 Å². The molecular formula is C11H13FOS. The van der Waals surface area contributed by atoms with Crippen LogP contribution in [0.1, 0.15) is 19.3 Å². The molecule has 1 aliphatic carbocycles. The maximum absolute atomic E-state index is 12.9. The second-order valence-electron chi connectivity index (χ2n) is 3.61. The van der Waals surface area contributed by atoms with Crippen LogP contribution in [0.15, 0.2) is 29.2 Å². The lowest BCUT2D eigenvalue weighted by molar-refractivity contribution is 0.188. The van der Waals surface area contributed by atoms with Crippen molar-refractivity contribution in [1.82, 2.24) is 0 Å². The molecule has 0 heterocycles. The van der Waals surface area contributed by atoms with Gasteiger partial charge in [-0.25, -0.2) is 4.39 Å². The highest BCUT2D eigenvalue weighted by molar-refractivity contribution is 8.00. The molecule has 1 aliphatic rings. The van der Waals surface area contributed by atoms with Gasteiger partial charge in [-0.15, -0.1) is 11.8 Å². The summed E-state index contributed by atoms with van der Waals surface area (Å²) >= 11 is 1.58. The van der Waals surface area contributed by atoms with Gasteiger partial charge in [-0.3, -0.25) is 0 Å². The van der Waals surface area contributed by atoms with Crippen LogP contribution in [0.25, 0.3) is 0 Å². The number of aliphatic hydroxyl groups is 1. The number of rotatable bonds is 2. The average Bonchev–Trinajstić information content (AvgIpc) is 2.52. The molecule has 1 nitrogen and oxygen atoms in total. The Balaban J connectivity index is 2.03. The van der Waals surface area contributed by atoms with Crippen molar-refractivity contribution >= 4 is 11.8 Å². The van der Waals surface area contributed by atoms with Gasteiger partial charge in [-0.1, -0.05) is 6.07 Å². The molecule has 2 rings (SSSR count). The summed E-state index contributed by atoms with van der Waals surface area (Å²) in [7, 11) is 0. The van der Waals surface area contributed by atoms with Crippen molar-refractivity contribution < 1.29 is 9.50 Å². The first-order valence-electron chi connectivity index (χ1n) is 4.86. The van der Waals surface area contributed by atoms with Crippen LogP contribution >= 0.6 is 11.8 Å². The van der Waals surface area contributed by atoms with Crippen LogP contribution in [0.5, 0.6) is 0 Å². The molecule has 1 saturated carbocycles. The predicted octanol–water partition coefficient (Wildman–Crippen LogP) is 2.83. The van der Waals surface area contributed by atoms with Crippen molar-refractivity contribution in [2.24, 2.45) is 0 Å². The average molecular weight is 212 g/mol. The van der Waals surface area contributed by atoms with Crippen molar-refractivity contribution in [3.8, 4) is 0 Å². The zero-order chi connectivity index (χ0) is 9.97. The topological polar surface area (TPSA) is 20.2 Å². The molecule has 0 aromatic heterocycles. The number of aliphatic hydroxyl groups excluding tert-OH is 1. The van der Waals surface area contributed by atoms with Crippen molar-refractivity contribution in [2.75, 3.05) is 0 Å². The summed E-state index contributed by atoms with van der Waals surface area (Å²) in [4.78, 5) is 0.913. The molecule has 1 N–H and O–H groups in total. The van der Waals surface area contributed by atoms with Gasteiger partial charge in [0.15, 0.2) is 0 Å². The number of benzene rings is 1. The standard InChI is InChI=1S/C11H13FOS/c12-8-3-1-4-9(7-8)14-11-6-2-5-10(11)13/h1,3-4,7,10-11,13H,2,5-6H2/t10-,11-/m1/s1. The smallest absolute Gasteiger partial charge is 0.124 e. The Morgan fingerprint density at radius 1 is 1.36 bits per heavy atom. The van der Waals surface area contributed by atoms with Crippen LogP contribution in [0.3, 0.4) is 0 Å². The molecular weight excluding hydrogens is 199 g/mol. The van der Waals surface area contributed by atoms with Gasteiger partial charge in [0, 0.05) is 10.1 Å². The predicted molar refractivity (Wildman–Crippen MR) is 55.9 cm³/mol. The summed E-state index contributed by atoms with van der Waals surface area (Å²) in [5.74, 6) is -0.206. The fourth-order valence-corrected chi connectivity index (χ4v) is 3.02. The van der Waals surface area contributed by atoms with Gasteiger partial charge in [0.2, 0.25) is 0 Å². The highest BCUT2D eigenvalue weighted by Gasteiger charge is 2.25. The molecule has 2 atom stereocenters. The first-order valence-corrected chi connectivity index (χ1v) is 5.74. The van der Waals surface area contributed by atoms with E-state index < -0.39 is 0 Å². The molecule has 0 radical (unpaired) electrons. The van der Waals surface area contributed by atoms with Gasteiger partial charge in [-0.05, 0) is 37.5 Å². The third-order valence-corrected chi connectivity index (χ3v) is 3.88. The first-order chi connectivity index (χ1) is 6.75. The molecule has 1 aromatic carbocycles. The van der Waals surface area contributed by atoms with Crippen LogP contribution in [-0.4, -0.2) is 16.5 Å². The highest BCUT2D eigenvalue weighted by Crippen LogP contribution is 2.34. The lowest BCUT2D eigenvalue weighted by Gasteiger charge is -2.13. The Kier molecular flexibility index (Phi) is 3.08. The minimum atomic E-state index is -0.219. The minimum Gasteiger partial charge on any atom is -0.392 e. The van der Waals surface area contributed by atoms with E-state index in [0.29, 0.717) is 0 Å². The van der Waals surface area contributed by atoms with Crippen LogP contribution in [0, 0.1) is 5.82 Å². The minimum absolute atomic E-state index is 0.206. The summed E-state index contributed by atoms with van der Waals surface area (Å²) < 4.78 is 12.9. The SMILES string of the molecule is O[C@@H]1CCC[C@H]1Sc1cccc(F)c1. The number of hydrogen-bond acceptors (Lipinski definition) is 2. The summed E-state index contributed by atoms with van der Waals surface area (Å²) in [5.41, 5.74) is 0. The number of hydrogen-bond donors (Lipinski definition) is 1. The Bertz CT molecular complexity index is 316. The lowest BCUT2D eigenvalue weighted by Crippen LogP contribution is -2.14. The van der Waals surface area contributed by atoms with Crippen LogP contribution in [-0.2, 0) is 0 Å². The van der Waals surface area contributed by atoms with E-state index in [1.54, 1.807) is 17.8 Å². The van der Waals surface area contributed by atoms with Gasteiger partial charge in [0.25, 0.3) is 0 Å². The molecule has 0 saturated heterocycles. The summed E-state index contributed by atoms with van der Waals surface area (Å²) in [6, 6.07) is 6.56. The lowest BCUT2D eigenvalue weighted by atomic mass is 10.3. The Morgan fingerprint density at radius 2 is 2.21 bits per heavy atom. The van der Waals surface area contributed by atoms with E-state index in [1.165, 1.54) is 12.1 Å². The van der Waals surface area contributed by atoms with Crippen molar-refractivity contribution in [2.45, 2.75) is 35.5 Å². The van der Waals surface area contributed by atoms with Crippen molar-refractivity contribution in [3.63, 3.8) is 0 Å². The molecule has 0 spiro atoms. The van der Waals surface area contributed by atoms with Crippen molar-refractivity contribution in [1.29, 1.82) is 0 Å². The Hall–Kier alpha value is -0.540. The third-order valence-electron chi connectivity index (χ3n) is 2.50. The van der Waals surface area contributed by atoms with Gasteiger partial charge in [0.05, 0.1) is 6.10 Å². The summed E-state index contributed by atoms with van der Waals surface area (Å²) in [6.07, 6.45) is 2.77. The van der Waals surface area contributed by atoms with E-state index in [2.05, 4.69) is 0 Å². The summed E-state index contributed by atoms with van der Waals surface area (Å²) in [6.45, 7) is 0. The molecule has 0 aliphatic heterocycles. The third kappa shape index (κ3) is 2.28. The zero-order valence-electron chi connectivity index (χ0n) is 7.82. The van der Waals surface area contributed by atoms with Gasteiger partial charge < -0.3 is 5.11 Å². The molecule has 14 heavy (non-hydrogen) atoms. The van der Waals surface area contributed by atoms with E-state index in [1.807, 2.05) is 6.07 Å². The second kappa shape index (κ2) is 4.32. The first kappa shape index (κ1) is 9.99. The summed E-state index contributed by atoms with van der Waals surface area (Å²) in [5, 5.41) is 9.85. The fraction of sp³-hybridized carbons (Fsp3) is 0.455. The van der Waals surface area contributed by atoms with E-state index in [0.717, 1.165) is 24.2 Å². The van der Waals surface area contributed by atoms with E-state index >= 15 is 0 Å². The largest absolute Gasteiger partial charge is 0.392 e. The van der Waals surface area contributed by atoms with E-state index in [4.69, 9.17) is 0 Å². The molecule has 0 bridgehead atoms. The fourth-order valence-electron chi connectivity index (χ4n) is 1.76. The molecule has 1 fully saturated rings. The monoisotopic (exact) mass is 212 g/mol.